The third kappa shape index (κ3) is 9.37. The second-order valence-corrected chi connectivity index (χ2v) is 13.0. The molecule has 7 N–H and O–H groups in total. The van der Waals surface area contributed by atoms with Crippen LogP contribution < -0.4 is 19.4 Å². The van der Waals surface area contributed by atoms with E-state index in [9.17, 15) is 45.9 Å². The van der Waals surface area contributed by atoms with Crippen LogP contribution in [-0.2, 0) is 59.0 Å². The Kier molecular flexibility index (Phi) is 12.2. The summed E-state index contributed by atoms with van der Waals surface area (Å²) in [6.45, 7) is -0.721. The number of esters is 1. The highest BCUT2D eigenvalue weighted by Crippen LogP contribution is 2.46. The number of hydrogen-bond acceptors (Lipinski definition) is 16. The zero-order valence-corrected chi connectivity index (χ0v) is 27.7. The van der Waals surface area contributed by atoms with Crippen molar-refractivity contribution in [3.05, 3.63) is 40.8 Å². The summed E-state index contributed by atoms with van der Waals surface area (Å²) in [5.41, 5.74) is 2.39. The number of aliphatic carboxylic acids is 2. The predicted octanol–water partition coefficient (Wildman–Crippen LogP) is -1.12. The van der Waals surface area contributed by atoms with Gasteiger partial charge in [-0.1, -0.05) is 12.1 Å². The number of nitrogens with zero attached hydrogens (tertiary/aromatic N) is 1. The fraction of sp³-hybridized carbons (Fsp3) is 0.400. The first-order valence-electron chi connectivity index (χ1n) is 13.4. The van der Waals surface area contributed by atoms with Crippen molar-refractivity contribution in [1.29, 1.82) is 0 Å². The van der Waals surface area contributed by atoms with Gasteiger partial charge in [0.1, 0.15) is 23.7 Å². The number of carbonyl (C=O) groups excluding carboxylic acids is 3. The molecule has 2 aliphatic rings. The molecule has 2 aliphatic heterocycles. The number of thioether (sulfide) groups is 1. The molecule has 0 aromatic heterocycles. The molecule has 2 heterocycles. The first-order valence-corrected chi connectivity index (χ1v) is 17.2. The van der Waals surface area contributed by atoms with Crippen molar-refractivity contribution in [2.45, 2.75) is 36.4 Å². The highest BCUT2D eigenvalue weighted by Gasteiger charge is 2.66. The first kappa shape index (κ1) is 39.0. The molecule has 0 aliphatic carbocycles. The number of para-hydroxylation sites is 1. The summed E-state index contributed by atoms with van der Waals surface area (Å²) < 4.78 is 87.4. The number of carboxylic acids is 2. The van der Waals surface area contributed by atoms with Crippen LogP contribution in [0.15, 0.2) is 35.2 Å². The van der Waals surface area contributed by atoms with Crippen molar-refractivity contribution < 1.29 is 82.7 Å². The maximum atomic E-state index is 13.3. The summed E-state index contributed by atoms with van der Waals surface area (Å²) >= 11 is 0.963. The summed E-state index contributed by atoms with van der Waals surface area (Å²) in [6.07, 6.45) is 0.614. The van der Waals surface area contributed by atoms with E-state index in [-0.39, 0.29) is 30.6 Å². The zero-order chi connectivity index (χ0) is 36.9. The second-order valence-electron chi connectivity index (χ2n) is 9.91. The van der Waals surface area contributed by atoms with Crippen molar-refractivity contribution in [2.24, 2.45) is 5.73 Å². The van der Waals surface area contributed by atoms with Crippen LogP contribution >= 0.6 is 11.8 Å². The van der Waals surface area contributed by atoms with Gasteiger partial charge >= 0.3 is 38.7 Å². The zero-order valence-electron chi connectivity index (χ0n) is 25.3. The van der Waals surface area contributed by atoms with Crippen LogP contribution in [0.3, 0.4) is 0 Å². The Bertz CT molecular complexity index is 1810. The number of rotatable bonds is 17. The number of amides is 2. The predicted molar refractivity (Wildman–Crippen MR) is 162 cm³/mol. The average molecular weight is 756 g/mol. The fourth-order valence-electron chi connectivity index (χ4n) is 4.52. The number of methoxy groups -OCH3 is 2. The molecule has 0 saturated carbocycles. The lowest BCUT2D eigenvalue weighted by molar-refractivity contribution is -0.192. The summed E-state index contributed by atoms with van der Waals surface area (Å²) in [7, 11) is -8.43. The van der Waals surface area contributed by atoms with Gasteiger partial charge in [-0.2, -0.15) is 16.8 Å². The van der Waals surface area contributed by atoms with Gasteiger partial charge < -0.3 is 43.8 Å². The number of benzene rings is 1. The third-order valence-electron chi connectivity index (χ3n) is 6.67. The lowest BCUT2D eigenvalue weighted by Crippen LogP contribution is -2.80. The minimum Gasteiger partial charge on any atom is -0.490 e. The number of fused-ring (bicyclic) bond motifs is 1. The van der Waals surface area contributed by atoms with Gasteiger partial charge in [0.2, 0.25) is 11.7 Å². The van der Waals surface area contributed by atoms with Crippen molar-refractivity contribution in [3.63, 3.8) is 0 Å². The summed E-state index contributed by atoms with van der Waals surface area (Å²) in [6, 6.07) is 1.79. The Labute approximate surface area is 281 Å². The van der Waals surface area contributed by atoms with Crippen LogP contribution in [-0.4, -0.2) is 114 Å². The van der Waals surface area contributed by atoms with Gasteiger partial charge in [-0.05, 0) is 25.0 Å². The smallest absolute Gasteiger partial charge is 0.446 e. The van der Waals surface area contributed by atoms with E-state index in [1.54, 1.807) is 0 Å². The van der Waals surface area contributed by atoms with Crippen molar-refractivity contribution in [1.82, 2.24) is 10.2 Å². The molecule has 21 nitrogen and oxygen atoms in total. The van der Waals surface area contributed by atoms with Crippen LogP contribution in [0.1, 0.15) is 24.8 Å². The highest BCUT2D eigenvalue weighted by molar-refractivity contribution is 8.00. The van der Waals surface area contributed by atoms with Gasteiger partial charge in [0.15, 0.2) is 11.5 Å². The molecule has 0 radical (unpaired) electrons. The van der Waals surface area contributed by atoms with E-state index >= 15 is 0 Å². The van der Waals surface area contributed by atoms with E-state index in [1.165, 1.54) is 0 Å². The molecule has 49 heavy (non-hydrogen) atoms. The molecule has 3 unspecified atom stereocenters. The van der Waals surface area contributed by atoms with Gasteiger partial charge in [0.25, 0.3) is 11.6 Å². The third-order valence-corrected chi connectivity index (χ3v) is 8.82. The molecule has 24 heteroatoms. The Morgan fingerprint density at radius 3 is 2.33 bits per heavy atom. The number of nitrogens with two attached hydrogens (primary N) is 1. The van der Waals surface area contributed by atoms with Gasteiger partial charge in [-0.15, -0.1) is 11.8 Å². The molecular formula is C25H29N3O18S3. The topological polar surface area (TPSA) is 322 Å². The molecule has 2 amide bonds. The Morgan fingerprint density at radius 2 is 1.78 bits per heavy atom. The summed E-state index contributed by atoms with van der Waals surface area (Å²) in [5.74, 6) is -8.52. The summed E-state index contributed by atoms with van der Waals surface area (Å²) in [4.78, 5) is 62.7. The van der Waals surface area contributed by atoms with Crippen LogP contribution in [0.5, 0.6) is 11.5 Å². The van der Waals surface area contributed by atoms with Crippen molar-refractivity contribution in [3.8, 4) is 11.5 Å². The standard InChI is InChI=1S/C25H29N3O18S3/c1-42-16(9-12-5-3-7-15(45-48(36,37)38)19(12)46-49(39,40)41)22(34)44-10-13-11-47-24-25(43-2,23(35)28(24)18(13)21(32)33)27-17(29)8-4-6-14(26)20(30)31/h3,5,7,9,14,24H,4,6,8,10-11,26H2,1-2H3,(H,27,29)(H,30,31)(H,32,33)(H,36,37,38)(H,39,40,41). The first-order chi connectivity index (χ1) is 22.7. The molecule has 270 valence electrons. The van der Waals surface area contributed by atoms with E-state index < -0.39 is 103 Å². The van der Waals surface area contributed by atoms with Gasteiger partial charge in [-0.25, -0.2) is 9.59 Å². The van der Waals surface area contributed by atoms with Gasteiger partial charge in [-0.3, -0.25) is 28.4 Å². The largest absolute Gasteiger partial charge is 0.490 e. The lowest BCUT2D eigenvalue weighted by Gasteiger charge is -2.55. The van der Waals surface area contributed by atoms with Crippen molar-refractivity contribution in [2.75, 3.05) is 26.6 Å². The minimum absolute atomic E-state index is 0.0245. The number of hydrogen-bond donors (Lipinski definition) is 6. The number of carbonyl (C=O) groups is 5. The normalized spacial score (nSPS) is 20.0. The Morgan fingerprint density at radius 1 is 1.12 bits per heavy atom. The number of carboxylic acid groups (broad SMARTS) is 2. The van der Waals surface area contributed by atoms with E-state index in [1.807, 2.05) is 0 Å². The maximum absolute atomic E-state index is 13.3. The molecule has 1 fully saturated rings. The molecule has 1 aromatic carbocycles. The number of ether oxygens (including phenoxy) is 3. The maximum Gasteiger partial charge on any atom is 0.446 e. The molecule has 3 rings (SSSR count). The monoisotopic (exact) mass is 755 g/mol. The van der Waals surface area contributed by atoms with E-state index in [0.29, 0.717) is 0 Å². The molecule has 1 aromatic rings. The van der Waals surface area contributed by atoms with Crippen molar-refractivity contribution >= 4 is 68.4 Å². The quantitative estimate of drug-likeness (QED) is 0.0274. The Hall–Kier alpha value is -4.46. The average Bonchev–Trinajstić information content (AvgIpc) is 3.00. The fourth-order valence-corrected chi connectivity index (χ4v) is 6.68. The summed E-state index contributed by atoms with van der Waals surface area (Å²) in [5, 5.41) is 20.2. The van der Waals surface area contributed by atoms with E-state index in [4.69, 9.17) is 34.2 Å². The van der Waals surface area contributed by atoms with E-state index in [2.05, 4.69) is 13.7 Å². The van der Waals surface area contributed by atoms with Crippen LogP contribution in [0.25, 0.3) is 6.08 Å². The highest BCUT2D eigenvalue weighted by atomic mass is 32.3. The molecule has 1 saturated heterocycles. The lowest BCUT2D eigenvalue weighted by atomic mass is 9.97. The number of β-lactam (4-membered cyclic amide) rings is 1. The van der Waals surface area contributed by atoms with E-state index in [0.717, 1.165) is 55.2 Å². The van der Waals surface area contributed by atoms with Crippen LogP contribution in [0, 0.1) is 0 Å². The van der Waals surface area contributed by atoms with Gasteiger partial charge in [0, 0.05) is 30.4 Å². The molecular weight excluding hydrogens is 726 g/mol. The molecule has 0 spiro atoms. The Balaban J connectivity index is 1.82. The molecule has 3 atom stereocenters. The second kappa shape index (κ2) is 15.4. The number of nitrogens with one attached hydrogen (secondary N) is 1. The minimum atomic E-state index is -5.31. The molecule has 0 bridgehead atoms. The van der Waals surface area contributed by atoms with Crippen LogP contribution in [0.2, 0.25) is 0 Å². The van der Waals surface area contributed by atoms with Crippen LogP contribution in [0.4, 0.5) is 0 Å². The SMILES string of the molecule is COC(=Cc1cccc(OS(=O)(=O)O)c1OS(=O)(=O)O)C(=O)OCC1=C(C(=O)O)N2C(=O)C(NC(=O)CCCC(N)C(=O)O)(OC)C2SC1. The van der Waals surface area contributed by atoms with Gasteiger partial charge in [0.05, 0.1) is 7.11 Å².